The van der Waals surface area contributed by atoms with Crippen molar-refractivity contribution < 1.29 is 4.74 Å². The standard InChI is InChI=1S/C18H29NO/c1-3-5-6-15(4-2)14-19-11-9-16-7-8-18-17(13-16)10-12-20-18/h7-8,13,15,19H,3-6,9-12,14H2,1-2H3. The molecule has 1 aliphatic rings. The third kappa shape index (κ3) is 4.52. The molecule has 0 saturated carbocycles. The van der Waals surface area contributed by atoms with Crippen LogP contribution in [0.3, 0.4) is 0 Å². The Bertz CT molecular complexity index is 402. The van der Waals surface area contributed by atoms with Crippen LogP contribution in [-0.2, 0) is 12.8 Å². The molecule has 1 unspecified atom stereocenters. The lowest BCUT2D eigenvalue weighted by Crippen LogP contribution is -2.24. The van der Waals surface area contributed by atoms with Gasteiger partial charge in [-0.25, -0.2) is 0 Å². The van der Waals surface area contributed by atoms with Gasteiger partial charge in [-0.2, -0.15) is 0 Å². The number of rotatable bonds is 9. The second kappa shape index (κ2) is 8.31. The molecule has 1 aliphatic heterocycles. The highest BCUT2D eigenvalue weighted by Gasteiger charge is 2.11. The quantitative estimate of drug-likeness (QED) is 0.689. The van der Waals surface area contributed by atoms with E-state index < -0.39 is 0 Å². The first-order valence-electron chi connectivity index (χ1n) is 8.28. The van der Waals surface area contributed by atoms with Crippen LogP contribution < -0.4 is 10.1 Å². The second-order valence-corrected chi connectivity index (χ2v) is 5.91. The summed E-state index contributed by atoms with van der Waals surface area (Å²) in [4.78, 5) is 0. The molecule has 1 heterocycles. The minimum Gasteiger partial charge on any atom is -0.493 e. The van der Waals surface area contributed by atoms with Crippen molar-refractivity contribution in [2.75, 3.05) is 19.7 Å². The molecule has 1 aromatic rings. The van der Waals surface area contributed by atoms with Gasteiger partial charge in [-0.05, 0) is 49.0 Å². The first-order valence-corrected chi connectivity index (χ1v) is 8.28. The van der Waals surface area contributed by atoms with E-state index >= 15 is 0 Å². The van der Waals surface area contributed by atoms with E-state index in [2.05, 4.69) is 37.4 Å². The van der Waals surface area contributed by atoms with Crippen LogP contribution in [0, 0.1) is 5.92 Å². The average molecular weight is 275 g/mol. The zero-order valence-electron chi connectivity index (χ0n) is 13.1. The summed E-state index contributed by atoms with van der Waals surface area (Å²) in [5.74, 6) is 1.94. The number of hydrogen-bond acceptors (Lipinski definition) is 2. The highest BCUT2D eigenvalue weighted by Crippen LogP contribution is 2.25. The minimum absolute atomic E-state index is 0.850. The molecule has 1 N–H and O–H groups in total. The first kappa shape index (κ1) is 15.4. The van der Waals surface area contributed by atoms with E-state index in [0.29, 0.717) is 0 Å². The van der Waals surface area contributed by atoms with E-state index in [-0.39, 0.29) is 0 Å². The lowest BCUT2D eigenvalue weighted by atomic mass is 9.99. The topological polar surface area (TPSA) is 21.3 Å². The molecule has 1 atom stereocenters. The van der Waals surface area contributed by atoms with Gasteiger partial charge in [-0.1, -0.05) is 45.2 Å². The molecule has 0 amide bonds. The smallest absolute Gasteiger partial charge is 0.122 e. The average Bonchev–Trinajstić information content (AvgIpc) is 2.94. The molecule has 0 fully saturated rings. The van der Waals surface area contributed by atoms with Gasteiger partial charge in [0.1, 0.15) is 5.75 Å². The number of fused-ring (bicyclic) bond motifs is 1. The minimum atomic E-state index is 0.850. The van der Waals surface area contributed by atoms with Gasteiger partial charge in [0.05, 0.1) is 6.61 Å². The molecule has 0 radical (unpaired) electrons. The number of hydrogen-bond donors (Lipinski definition) is 1. The van der Waals surface area contributed by atoms with Gasteiger partial charge in [-0.3, -0.25) is 0 Å². The summed E-state index contributed by atoms with van der Waals surface area (Å²) in [7, 11) is 0. The van der Waals surface area contributed by atoms with E-state index in [4.69, 9.17) is 4.74 Å². The first-order chi connectivity index (χ1) is 9.83. The van der Waals surface area contributed by atoms with E-state index in [9.17, 15) is 0 Å². The molecule has 0 spiro atoms. The zero-order chi connectivity index (χ0) is 14.2. The fourth-order valence-electron chi connectivity index (χ4n) is 2.88. The molecule has 0 bridgehead atoms. The van der Waals surface area contributed by atoms with Gasteiger partial charge in [0.15, 0.2) is 0 Å². The van der Waals surface area contributed by atoms with Crippen LogP contribution >= 0.6 is 0 Å². The van der Waals surface area contributed by atoms with Gasteiger partial charge in [0.2, 0.25) is 0 Å². The third-order valence-electron chi connectivity index (χ3n) is 4.32. The van der Waals surface area contributed by atoms with Crippen LogP contribution in [0.15, 0.2) is 18.2 Å². The summed E-state index contributed by atoms with van der Waals surface area (Å²) in [5.41, 5.74) is 2.82. The SMILES string of the molecule is CCCCC(CC)CNCCc1ccc2c(c1)CCO2. The van der Waals surface area contributed by atoms with Crippen LogP contribution in [0.25, 0.3) is 0 Å². The molecule has 0 aliphatic carbocycles. The Kier molecular flexibility index (Phi) is 6.38. The number of benzene rings is 1. The van der Waals surface area contributed by atoms with E-state index in [1.54, 1.807) is 0 Å². The highest BCUT2D eigenvalue weighted by atomic mass is 16.5. The van der Waals surface area contributed by atoms with Crippen molar-refractivity contribution in [2.45, 2.75) is 52.4 Å². The fourth-order valence-corrected chi connectivity index (χ4v) is 2.88. The van der Waals surface area contributed by atoms with Crippen molar-refractivity contribution >= 4 is 0 Å². The summed E-state index contributed by atoms with van der Waals surface area (Å²) < 4.78 is 5.55. The Balaban J connectivity index is 1.68. The van der Waals surface area contributed by atoms with Gasteiger partial charge < -0.3 is 10.1 Å². The van der Waals surface area contributed by atoms with Gasteiger partial charge in [0.25, 0.3) is 0 Å². The normalized spacial score (nSPS) is 14.9. The molecule has 2 heteroatoms. The number of unbranched alkanes of at least 4 members (excludes halogenated alkanes) is 1. The molecule has 112 valence electrons. The van der Waals surface area contributed by atoms with Crippen molar-refractivity contribution in [3.8, 4) is 5.75 Å². The van der Waals surface area contributed by atoms with Crippen molar-refractivity contribution in [3.05, 3.63) is 29.3 Å². The van der Waals surface area contributed by atoms with Gasteiger partial charge >= 0.3 is 0 Å². The predicted molar refractivity (Wildman–Crippen MR) is 85.5 cm³/mol. The summed E-state index contributed by atoms with van der Waals surface area (Å²) in [6.07, 6.45) is 7.54. The molecule has 0 aromatic heterocycles. The molecular formula is C18H29NO. The summed E-state index contributed by atoms with van der Waals surface area (Å²) in [6.45, 7) is 7.69. The maximum atomic E-state index is 5.55. The molecule has 2 nitrogen and oxygen atoms in total. The summed E-state index contributed by atoms with van der Waals surface area (Å²) in [6, 6.07) is 6.66. The van der Waals surface area contributed by atoms with Crippen LogP contribution in [0.2, 0.25) is 0 Å². The fraction of sp³-hybridized carbons (Fsp3) is 0.667. The number of nitrogens with one attached hydrogen (secondary N) is 1. The summed E-state index contributed by atoms with van der Waals surface area (Å²) in [5, 5.41) is 3.63. The van der Waals surface area contributed by atoms with Crippen molar-refractivity contribution in [3.63, 3.8) is 0 Å². The largest absolute Gasteiger partial charge is 0.493 e. The van der Waals surface area contributed by atoms with Crippen LogP contribution in [0.4, 0.5) is 0 Å². The maximum Gasteiger partial charge on any atom is 0.122 e. The molecule has 1 aromatic carbocycles. The lowest BCUT2D eigenvalue weighted by Gasteiger charge is -2.15. The van der Waals surface area contributed by atoms with Gasteiger partial charge in [0, 0.05) is 6.42 Å². The molecular weight excluding hydrogens is 246 g/mol. The highest BCUT2D eigenvalue weighted by molar-refractivity contribution is 5.39. The predicted octanol–water partition coefficient (Wildman–Crippen LogP) is 3.97. The van der Waals surface area contributed by atoms with E-state index in [1.807, 2.05) is 0 Å². The van der Waals surface area contributed by atoms with Crippen molar-refractivity contribution in [1.29, 1.82) is 0 Å². The number of ether oxygens (including phenoxy) is 1. The lowest BCUT2D eigenvalue weighted by molar-refractivity contribution is 0.357. The van der Waals surface area contributed by atoms with Crippen molar-refractivity contribution in [2.24, 2.45) is 5.92 Å². The third-order valence-corrected chi connectivity index (χ3v) is 4.32. The van der Waals surface area contributed by atoms with Crippen LogP contribution in [-0.4, -0.2) is 19.7 Å². The zero-order valence-corrected chi connectivity index (χ0v) is 13.1. The van der Waals surface area contributed by atoms with Gasteiger partial charge in [-0.15, -0.1) is 0 Å². The Morgan fingerprint density at radius 2 is 2.20 bits per heavy atom. The van der Waals surface area contributed by atoms with Crippen LogP contribution in [0.5, 0.6) is 5.75 Å². The molecule has 20 heavy (non-hydrogen) atoms. The maximum absolute atomic E-state index is 5.55. The Hall–Kier alpha value is -1.02. The molecule has 2 rings (SSSR count). The Morgan fingerprint density at radius 3 is 3.00 bits per heavy atom. The second-order valence-electron chi connectivity index (χ2n) is 5.91. The van der Waals surface area contributed by atoms with Crippen molar-refractivity contribution in [1.82, 2.24) is 5.32 Å². The van der Waals surface area contributed by atoms with E-state index in [1.165, 1.54) is 43.4 Å². The monoisotopic (exact) mass is 275 g/mol. The van der Waals surface area contributed by atoms with Crippen LogP contribution in [0.1, 0.15) is 50.7 Å². The Morgan fingerprint density at radius 1 is 1.30 bits per heavy atom. The molecule has 0 saturated heterocycles. The van der Waals surface area contributed by atoms with E-state index in [0.717, 1.165) is 37.7 Å². The summed E-state index contributed by atoms with van der Waals surface area (Å²) >= 11 is 0. The Labute approximate surface area is 123 Å².